The molecule has 1 aliphatic heterocycles. The molecular formula is C22H23N5O5S. The Morgan fingerprint density at radius 1 is 1.09 bits per heavy atom. The van der Waals surface area contributed by atoms with Gasteiger partial charge in [0, 0.05) is 30.2 Å². The van der Waals surface area contributed by atoms with Crippen LogP contribution in [0.2, 0.25) is 0 Å². The van der Waals surface area contributed by atoms with Gasteiger partial charge in [-0.15, -0.1) is 0 Å². The Bertz CT molecular complexity index is 1320. The second kappa shape index (κ2) is 9.04. The number of primary sulfonamides is 1. The molecule has 2 aromatic carbocycles. The summed E-state index contributed by atoms with van der Waals surface area (Å²) in [5.74, 6) is -0.852. The van der Waals surface area contributed by atoms with Gasteiger partial charge in [-0.3, -0.25) is 14.5 Å². The predicted octanol–water partition coefficient (Wildman–Crippen LogP) is 0.985. The SMILES string of the molecule is NS(=O)(=O)c1ccc(CNC(=O)C[C@@H]2NC(=O)N(CCc3c[nH]c4ccccc34)C2=O)cc1. The number of carbonyl (C=O) groups excluding carboxylic acids is 3. The largest absolute Gasteiger partial charge is 0.361 e. The highest BCUT2D eigenvalue weighted by Gasteiger charge is 2.38. The van der Waals surface area contributed by atoms with Crippen LogP contribution in [0.5, 0.6) is 0 Å². The summed E-state index contributed by atoms with van der Waals surface area (Å²) in [6.45, 7) is 0.351. The number of rotatable bonds is 8. The first-order chi connectivity index (χ1) is 15.7. The lowest BCUT2D eigenvalue weighted by Crippen LogP contribution is -2.36. The number of urea groups is 1. The summed E-state index contributed by atoms with van der Waals surface area (Å²) < 4.78 is 22.6. The molecule has 3 aromatic rings. The average Bonchev–Trinajstić information content (AvgIpc) is 3.31. The monoisotopic (exact) mass is 469 g/mol. The van der Waals surface area contributed by atoms with Gasteiger partial charge in [-0.2, -0.15) is 0 Å². The maximum absolute atomic E-state index is 12.7. The van der Waals surface area contributed by atoms with Crippen LogP contribution in [-0.2, 0) is 32.6 Å². The van der Waals surface area contributed by atoms with E-state index in [0.717, 1.165) is 21.4 Å². The first-order valence-corrected chi connectivity index (χ1v) is 11.8. The number of H-pyrrole nitrogens is 1. The molecule has 1 atom stereocenters. The summed E-state index contributed by atoms with van der Waals surface area (Å²) in [6, 6.07) is 12.1. The zero-order chi connectivity index (χ0) is 23.6. The van der Waals surface area contributed by atoms with Crippen molar-refractivity contribution in [1.82, 2.24) is 20.5 Å². The summed E-state index contributed by atoms with van der Waals surface area (Å²) in [7, 11) is -3.78. The highest BCUT2D eigenvalue weighted by molar-refractivity contribution is 7.89. The van der Waals surface area contributed by atoms with E-state index < -0.39 is 33.9 Å². The van der Waals surface area contributed by atoms with Crippen LogP contribution in [0.4, 0.5) is 4.79 Å². The minimum absolute atomic E-state index is 0.0235. The molecule has 4 amide bonds. The first-order valence-electron chi connectivity index (χ1n) is 10.3. The zero-order valence-corrected chi connectivity index (χ0v) is 18.4. The number of imide groups is 1. The molecule has 0 unspecified atom stereocenters. The number of para-hydroxylation sites is 1. The zero-order valence-electron chi connectivity index (χ0n) is 17.6. The van der Waals surface area contributed by atoms with E-state index in [1.54, 1.807) is 0 Å². The number of carbonyl (C=O) groups is 3. The van der Waals surface area contributed by atoms with E-state index in [-0.39, 0.29) is 24.4 Å². The van der Waals surface area contributed by atoms with Gasteiger partial charge in [-0.25, -0.2) is 18.4 Å². The Morgan fingerprint density at radius 2 is 1.82 bits per heavy atom. The molecule has 0 radical (unpaired) electrons. The van der Waals surface area contributed by atoms with Crippen LogP contribution in [0.25, 0.3) is 10.9 Å². The highest BCUT2D eigenvalue weighted by atomic mass is 32.2. The molecule has 1 aliphatic rings. The quantitative estimate of drug-likeness (QED) is 0.362. The number of fused-ring (bicyclic) bond motifs is 1. The van der Waals surface area contributed by atoms with Crippen LogP contribution in [-0.4, -0.2) is 48.7 Å². The van der Waals surface area contributed by atoms with Crippen molar-refractivity contribution in [2.45, 2.75) is 30.3 Å². The van der Waals surface area contributed by atoms with Crippen LogP contribution in [0.15, 0.2) is 59.6 Å². The number of nitrogens with zero attached hydrogens (tertiary/aromatic N) is 1. The molecule has 11 heteroatoms. The smallest absolute Gasteiger partial charge is 0.324 e. The van der Waals surface area contributed by atoms with Gasteiger partial charge in [-0.1, -0.05) is 30.3 Å². The van der Waals surface area contributed by atoms with Gasteiger partial charge >= 0.3 is 6.03 Å². The molecule has 1 saturated heterocycles. The second-order valence-corrected chi connectivity index (χ2v) is 9.33. The first kappa shape index (κ1) is 22.5. The summed E-state index contributed by atoms with van der Waals surface area (Å²) in [5, 5.41) is 11.3. The molecular weight excluding hydrogens is 446 g/mol. The number of aromatic amines is 1. The molecule has 0 aliphatic carbocycles. The number of aromatic nitrogens is 1. The summed E-state index contributed by atoms with van der Waals surface area (Å²) in [4.78, 5) is 41.5. The van der Waals surface area contributed by atoms with E-state index in [1.807, 2.05) is 30.5 Å². The Balaban J connectivity index is 1.29. The highest BCUT2D eigenvalue weighted by Crippen LogP contribution is 2.19. The predicted molar refractivity (Wildman–Crippen MR) is 120 cm³/mol. The Labute approximate surface area is 190 Å². The van der Waals surface area contributed by atoms with Crippen LogP contribution in [0.1, 0.15) is 17.5 Å². The van der Waals surface area contributed by atoms with Crippen molar-refractivity contribution in [1.29, 1.82) is 0 Å². The summed E-state index contributed by atoms with van der Waals surface area (Å²) in [6.07, 6.45) is 2.17. The number of nitrogens with two attached hydrogens (primary N) is 1. The van der Waals surface area contributed by atoms with E-state index in [9.17, 15) is 22.8 Å². The van der Waals surface area contributed by atoms with Crippen molar-refractivity contribution in [2.75, 3.05) is 6.54 Å². The van der Waals surface area contributed by atoms with Gasteiger partial charge in [0.1, 0.15) is 6.04 Å². The number of benzene rings is 2. The minimum Gasteiger partial charge on any atom is -0.361 e. The van der Waals surface area contributed by atoms with Crippen molar-refractivity contribution >= 4 is 38.8 Å². The van der Waals surface area contributed by atoms with E-state index in [2.05, 4.69) is 15.6 Å². The third-order valence-electron chi connectivity index (χ3n) is 5.52. The number of amides is 4. The fraction of sp³-hybridized carbons (Fsp3) is 0.227. The van der Waals surface area contributed by atoms with Gasteiger partial charge < -0.3 is 15.6 Å². The van der Waals surface area contributed by atoms with Crippen LogP contribution in [0.3, 0.4) is 0 Å². The molecule has 0 spiro atoms. The van der Waals surface area contributed by atoms with Crippen molar-refractivity contribution < 1.29 is 22.8 Å². The fourth-order valence-corrected chi connectivity index (χ4v) is 4.27. The third kappa shape index (κ3) is 5.04. The Hall–Kier alpha value is -3.70. The van der Waals surface area contributed by atoms with Crippen molar-refractivity contribution in [2.24, 2.45) is 5.14 Å². The summed E-state index contributed by atoms with van der Waals surface area (Å²) in [5.41, 5.74) is 2.65. The van der Waals surface area contributed by atoms with Crippen LogP contribution < -0.4 is 15.8 Å². The number of hydrogen-bond acceptors (Lipinski definition) is 5. The molecule has 1 aromatic heterocycles. The minimum atomic E-state index is -3.78. The number of hydrogen-bond donors (Lipinski definition) is 4. The van der Waals surface area contributed by atoms with Gasteiger partial charge in [0.05, 0.1) is 11.3 Å². The molecule has 33 heavy (non-hydrogen) atoms. The van der Waals surface area contributed by atoms with Crippen LogP contribution in [0, 0.1) is 0 Å². The lowest BCUT2D eigenvalue weighted by Gasteiger charge is -2.13. The van der Waals surface area contributed by atoms with Crippen molar-refractivity contribution in [3.63, 3.8) is 0 Å². The van der Waals surface area contributed by atoms with E-state index in [4.69, 9.17) is 5.14 Å². The molecule has 1 fully saturated rings. The van der Waals surface area contributed by atoms with E-state index >= 15 is 0 Å². The Kier molecular flexibility index (Phi) is 6.16. The lowest BCUT2D eigenvalue weighted by atomic mass is 10.1. The molecule has 0 saturated carbocycles. The maximum atomic E-state index is 12.7. The molecule has 4 rings (SSSR count). The van der Waals surface area contributed by atoms with Crippen molar-refractivity contribution in [3.8, 4) is 0 Å². The standard InChI is InChI=1S/C22H23N5O5S/c23-33(31,32)16-7-5-14(6-8-16)12-25-20(28)11-19-21(29)27(22(30)26-19)10-9-15-13-24-18-4-2-1-3-17(15)18/h1-8,13,19,24H,9-12H2,(H,25,28)(H,26,30)(H2,23,31,32)/t19-/m0/s1. The molecule has 172 valence electrons. The molecule has 0 bridgehead atoms. The summed E-state index contributed by atoms with van der Waals surface area (Å²) >= 11 is 0. The topological polar surface area (TPSA) is 154 Å². The lowest BCUT2D eigenvalue weighted by molar-refractivity contribution is -0.130. The maximum Gasteiger partial charge on any atom is 0.324 e. The fourth-order valence-electron chi connectivity index (χ4n) is 3.75. The molecule has 2 heterocycles. The molecule has 10 nitrogen and oxygen atoms in total. The van der Waals surface area contributed by atoms with E-state index in [1.165, 1.54) is 24.3 Å². The third-order valence-corrected chi connectivity index (χ3v) is 6.45. The normalized spacial score (nSPS) is 16.3. The Morgan fingerprint density at radius 3 is 2.55 bits per heavy atom. The number of nitrogens with one attached hydrogen (secondary N) is 3. The second-order valence-electron chi connectivity index (χ2n) is 7.77. The van der Waals surface area contributed by atoms with Gasteiger partial charge in [-0.05, 0) is 35.7 Å². The number of sulfonamides is 1. The van der Waals surface area contributed by atoms with Gasteiger partial charge in [0.15, 0.2) is 0 Å². The van der Waals surface area contributed by atoms with Crippen LogP contribution >= 0.6 is 0 Å². The van der Waals surface area contributed by atoms with Gasteiger partial charge in [0.25, 0.3) is 5.91 Å². The van der Waals surface area contributed by atoms with Crippen molar-refractivity contribution in [3.05, 3.63) is 65.9 Å². The van der Waals surface area contributed by atoms with Gasteiger partial charge in [0.2, 0.25) is 15.9 Å². The molecule has 5 N–H and O–H groups in total. The average molecular weight is 470 g/mol. The van der Waals surface area contributed by atoms with E-state index in [0.29, 0.717) is 12.0 Å².